The highest BCUT2D eigenvalue weighted by Crippen LogP contribution is 2.46. The largest absolute Gasteiger partial charge is 0.481 e. The number of hydrogen-bond acceptors (Lipinski definition) is 6. The summed E-state index contributed by atoms with van der Waals surface area (Å²) in [4.78, 5) is 20.0. The summed E-state index contributed by atoms with van der Waals surface area (Å²) >= 11 is 0. The maximum Gasteiger partial charge on any atom is 0.309 e. The Morgan fingerprint density at radius 1 is 0.981 bits per heavy atom. The van der Waals surface area contributed by atoms with Gasteiger partial charge in [0.25, 0.3) is 0 Å². The predicted molar refractivity (Wildman–Crippen MR) is 217 cm³/mol. The van der Waals surface area contributed by atoms with Gasteiger partial charge in [0.15, 0.2) is 0 Å². The van der Waals surface area contributed by atoms with E-state index < -0.39 is 23.6 Å². The number of carboxylic acids is 1. The molecule has 0 aliphatic heterocycles. The predicted octanol–water partition coefficient (Wildman–Crippen LogP) is 8.81. The number of rotatable bonds is 22. The summed E-state index contributed by atoms with van der Waals surface area (Å²) in [6, 6.07) is 16.6. The van der Waals surface area contributed by atoms with Gasteiger partial charge in [-0.1, -0.05) is 94.9 Å². The smallest absolute Gasteiger partial charge is 0.309 e. The van der Waals surface area contributed by atoms with E-state index in [1.807, 2.05) is 18.2 Å². The number of nitrogen functional groups attached to an aromatic ring is 1. The third-order valence-corrected chi connectivity index (χ3v) is 12.6. The number of benzene rings is 1. The number of nitrogens with one attached hydrogen (secondary N) is 1. The number of aliphatic hydroxyl groups is 3. The SMILES string of the molecule is CCCCC[C@@H]1C=C[C@@H](CCCCC[C@H](C(=O)O)[C@H](O)CC[C@]2(O)C[C@H](Cc3ccnc(N)c3)C[C@H]2Cc2cc([C@H](C)Cc3ccccc3)c[nH]2)[C@H](O)C1. The van der Waals surface area contributed by atoms with Crippen LogP contribution in [-0.2, 0) is 24.1 Å². The number of allylic oxidation sites excluding steroid dienone is 1. The number of nitrogens with two attached hydrogens (primary N) is 1. The molecule has 8 nitrogen and oxygen atoms in total. The molecule has 2 aromatic heterocycles. The lowest BCUT2D eigenvalue weighted by Crippen LogP contribution is -2.37. The Balaban J connectivity index is 1.15. The fourth-order valence-corrected chi connectivity index (χ4v) is 9.43. The number of aliphatic hydroxyl groups excluding tert-OH is 2. The van der Waals surface area contributed by atoms with Crippen LogP contribution in [0, 0.1) is 29.6 Å². The first-order valence-electron chi connectivity index (χ1n) is 20.9. The lowest BCUT2D eigenvalue weighted by Gasteiger charge is -2.32. The molecule has 5 rings (SSSR count). The third-order valence-electron chi connectivity index (χ3n) is 12.6. The molecule has 0 bridgehead atoms. The van der Waals surface area contributed by atoms with E-state index in [0.717, 1.165) is 62.6 Å². The van der Waals surface area contributed by atoms with Crippen LogP contribution in [0.2, 0.25) is 0 Å². The zero-order valence-electron chi connectivity index (χ0n) is 32.8. The van der Waals surface area contributed by atoms with Crippen LogP contribution in [0.3, 0.4) is 0 Å². The summed E-state index contributed by atoms with van der Waals surface area (Å²) in [6.45, 7) is 4.45. The molecular formula is C46H67N3O5. The molecule has 2 aliphatic rings. The molecule has 3 aromatic rings. The van der Waals surface area contributed by atoms with E-state index in [9.17, 15) is 25.2 Å². The van der Waals surface area contributed by atoms with E-state index in [2.05, 4.69) is 72.5 Å². The van der Waals surface area contributed by atoms with E-state index >= 15 is 0 Å². The molecule has 8 heteroatoms. The van der Waals surface area contributed by atoms with Gasteiger partial charge in [-0.2, -0.15) is 0 Å². The van der Waals surface area contributed by atoms with Crippen LogP contribution in [0.25, 0.3) is 0 Å². The number of pyridine rings is 1. The minimum absolute atomic E-state index is 0.0381. The fourth-order valence-electron chi connectivity index (χ4n) is 9.43. The minimum atomic E-state index is -1.03. The number of nitrogens with zero attached hydrogens (tertiary/aromatic N) is 1. The van der Waals surface area contributed by atoms with Crippen molar-refractivity contribution in [1.82, 2.24) is 9.97 Å². The maximum absolute atomic E-state index is 12.4. The van der Waals surface area contributed by atoms with Gasteiger partial charge >= 0.3 is 5.97 Å². The Kier molecular flexibility index (Phi) is 15.8. The van der Waals surface area contributed by atoms with E-state index in [1.165, 1.54) is 30.4 Å². The lowest BCUT2D eigenvalue weighted by molar-refractivity contribution is -0.146. The number of H-pyrrole nitrogens is 1. The Bertz CT molecular complexity index is 1590. The molecule has 0 radical (unpaired) electrons. The van der Waals surface area contributed by atoms with Crippen LogP contribution < -0.4 is 5.73 Å². The summed E-state index contributed by atoms with van der Waals surface area (Å²) in [6.07, 6.45) is 20.9. The second-order valence-electron chi connectivity index (χ2n) is 16.9. The molecule has 0 amide bonds. The Morgan fingerprint density at radius 3 is 2.52 bits per heavy atom. The highest BCUT2D eigenvalue weighted by atomic mass is 16.4. The summed E-state index contributed by atoms with van der Waals surface area (Å²) in [5, 5.41) is 44.5. The monoisotopic (exact) mass is 742 g/mol. The fraction of sp³-hybridized carbons (Fsp3) is 0.609. The van der Waals surface area contributed by atoms with Crippen molar-refractivity contribution in [3.8, 4) is 0 Å². The Morgan fingerprint density at radius 2 is 1.78 bits per heavy atom. The molecule has 1 fully saturated rings. The second kappa shape index (κ2) is 20.5. The van der Waals surface area contributed by atoms with Crippen molar-refractivity contribution >= 4 is 11.8 Å². The first-order chi connectivity index (χ1) is 26.0. The van der Waals surface area contributed by atoms with Gasteiger partial charge in [-0.15, -0.1) is 0 Å². The van der Waals surface area contributed by atoms with Crippen molar-refractivity contribution in [1.29, 1.82) is 0 Å². The molecule has 54 heavy (non-hydrogen) atoms. The number of unbranched alkanes of at least 4 members (excludes halogenated alkanes) is 4. The van der Waals surface area contributed by atoms with Crippen LogP contribution in [0.15, 0.2) is 73.1 Å². The molecule has 7 N–H and O–H groups in total. The van der Waals surface area contributed by atoms with Crippen molar-refractivity contribution in [2.75, 3.05) is 5.73 Å². The summed E-state index contributed by atoms with van der Waals surface area (Å²) in [5.41, 5.74) is 9.69. The maximum atomic E-state index is 12.4. The van der Waals surface area contributed by atoms with E-state index in [1.54, 1.807) is 6.20 Å². The van der Waals surface area contributed by atoms with Crippen LogP contribution in [0.5, 0.6) is 0 Å². The van der Waals surface area contributed by atoms with E-state index in [4.69, 9.17) is 5.73 Å². The van der Waals surface area contributed by atoms with Gasteiger partial charge in [-0.05, 0) is 129 Å². The van der Waals surface area contributed by atoms with Crippen molar-refractivity contribution in [2.24, 2.45) is 29.6 Å². The second-order valence-corrected chi connectivity index (χ2v) is 16.9. The third kappa shape index (κ3) is 12.3. The standard InChI is InChI=1S/C46H67N3O5/c1-3-4-7-12-34-17-18-37(43(51)26-34)15-10-6-11-16-41(45(52)53)42(50)19-21-46(54)30-36(24-35-20-22-48-44(47)27-35)25-39(46)29-40-28-38(31-49-40)32(2)23-33-13-8-5-9-14-33/h5,8-9,13-14,17-18,20,22,27-28,31-32,34,36-37,39,41-43,49-51,54H,3-4,6-7,10-12,15-16,19,21,23-26,29-30H2,1-2H3,(H2,47,48)(H,52,53)/t32-,34-,36-,37-,39+,41+,42-,43-,46+/m1/s1. The van der Waals surface area contributed by atoms with Crippen molar-refractivity contribution in [3.05, 3.63) is 95.5 Å². The van der Waals surface area contributed by atoms with Crippen LogP contribution in [-0.4, -0.2) is 54.2 Å². The number of carboxylic acid groups (broad SMARTS) is 1. The van der Waals surface area contributed by atoms with Crippen LogP contribution in [0.1, 0.15) is 132 Å². The number of hydrogen-bond donors (Lipinski definition) is 6. The number of aliphatic carboxylic acids is 1. The zero-order valence-corrected chi connectivity index (χ0v) is 32.8. The topological polar surface area (TPSA) is 153 Å². The van der Waals surface area contributed by atoms with Gasteiger partial charge < -0.3 is 31.1 Å². The van der Waals surface area contributed by atoms with E-state index in [-0.39, 0.29) is 30.3 Å². The molecule has 1 aromatic carbocycles. The number of aromatic amines is 1. The number of aromatic nitrogens is 2. The zero-order chi connectivity index (χ0) is 38.5. The molecular weight excluding hydrogens is 675 g/mol. The number of anilines is 1. The van der Waals surface area contributed by atoms with Crippen molar-refractivity contribution in [3.63, 3.8) is 0 Å². The van der Waals surface area contributed by atoms with Gasteiger partial charge in [0.05, 0.1) is 23.7 Å². The average Bonchev–Trinajstić information content (AvgIpc) is 3.74. The molecule has 2 heterocycles. The normalized spacial score (nSPS) is 25.8. The molecule has 9 atom stereocenters. The first kappa shape index (κ1) is 41.7. The van der Waals surface area contributed by atoms with Gasteiger partial charge in [0.1, 0.15) is 5.82 Å². The van der Waals surface area contributed by atoms with Crippen LogP contribution >= 0.6 is 0 Å². The van der Waals surface area contributed by atoms with Crippen LogP contribution in [0.4, 0.5) is 5.82 Å². The quantitative estimate of drug-likeness (QED) is 0.0445. The van der Waals surface area contributed by atoms with Crippen molar-refractivity contribution < 1.29 is 25.2 Å². The van der Waals surface area contributed by atoms with Gasteiger partial charge in [0, 0.05) is 24.0 Å². The van der Waals surface area contributed by atoms with Gasteiger partial charge in [-0.25, -0.2) is 4.98 Å². The van der Waals surface area contributed by atoms with E-state index in [0.29, 0.717) is 49.8 Å². The highest BCUT2D eigenvalue weighted by molar-refractivity contribution is 5.70. The molecule has 0 unspecified atom stereocenters. The minimum Gasteiger partial charge on any atom is -0.481 e. The van der Waals surface area contributed by atoms with Gasteiger partial charge in [-0.3, -0.25) is 4.79 Å². The molecule has 0 spiro atoms. The summed E-state index contributed by atoms with van der Waals surface area (Å²) < 4.78 is 0. The molecule has 1 saturated carbocycles. The summed E-state index contributed by atoms with van der Waals surface area (Å²) in [7, 11) is 0. The Labute approximate surface area is 323 Å². The lowest BCUT2D eigenvalue weighted by atomic mass is 9.80. The van der Waals surface area contributed by atoms with Crippen molar-refractivity contribution in [2.45, 2.75) is 147 Å². The summed E-state index contributed by atoms with van der Waals surface area (Å²) in [5.74, 6) is -0.184. The number of carbonyl (C=O) groups is 1. The average molecular weight is 742 g/mol. The first-order valence-corrected chi connectivity index (χ1v) is 20.9. The molecule has 296 valence electrons. The highest BCUT2D eigenvalue weighted by Gasteiger charge is 2.46. The molecule has 0 saturated heterocycles. The Hall–Kier alpha value is -3.46. The van der Waals surface area contributed by atoms with Gasteiger partial charge in [0.2, 0.25) is 0 Å². The molecule has 2 aliphatic carbocycles.